The molecule has 0 aliphatic carbocycles. The third kappa shape index (κ3) is 3.94. The number of aromatic nitrogens is 1. The second-order valence-corrected chi connectivity index (χ2v) is 9.28. The standard InChI is InChI=1S/C17H11Cl2F2N2O2S2/c1-9(10-3-2-4-11(18)16(10)21)23-14-8-13(20)15(7-12(14)19)27(24,25)17-22-5-6-26-17/h2-4,6-9,23H,1H3/t9-/m0/s1. The van der Waals surface area contributed by atoms with E-state index in [0.717, 1.165) is 23.5 Å². The first-order chi connectivity index (χ1) is 12.7. The fourth-order valence-electron chi connectivity index (χ4n) is 2.41. The Bertz CT molecular complexity index is 1090. The van der Waals surface area contributed by atoms with Gasteiger partial charge < -0.3 is 5.32 Å². The molecule has 27 heavy (non-hydrogen) atoms. The van der Waals surface area contributed by atoms with Gasteiger partial charge in [-0.2, -0.15) is 0 Å². The van der Waals surface area contributed by atoms with Gasteiger partial charge in [-0.25, -0.2) is 22.2 Å². The zero-order valence-corrected chi connectivity index (χ0v) is 16.8. The molecule has 10 heteroatoms. The quantitative estimate of drug-likeness (QED) is 0.558. The molecule has 3 aromatic rings. The molecule has 0 bridgehead atoms. The highest BCUT2D eigenvalue weighted by Gasteiger charge is 2.26. The van der Waals surface area contributed by atoms with Gasteiger partial charge in [0.25, 0.3) is 0 Å². The summed E-state index contributed by atoms with van der Waals surface area (Å²) in [5, 5.41) is 4.14. The molecule has 1 heterocycles. The van der Waals surface area contributed by atoms with Crippen LogP contribution in [0.25, 0.3) is 0 Å². The highest BCUT2D eigenvalue weighted by atomic mass is 35.5. The van der Waals surface area contributed by atoms with Crippen molar-refractivity contribution in [3.05, 3.63) is 69.2 Å². The Balaban J connectivity index is 1.95. The van der Waals surface area contributed by atoms with Crippen LogP contribution < -0.4 is 5.32 Å². The normalized spacial score (nSPS) is 12.8. The van der Waals surface area contributed by atoms with E-state index in [4.69, 9.17) is 23.2 Å². The first-order valence-electron chi connectivity index (χ1n) is 7.48. The predicted molar refractivity (Wildman–Crippen MR) is 101 cm³/mol. The number of hydrogen-bond acceptors (Lipinski definition) is 5. The van der Waals surface area contributed by atoms with Crippen molar-refractivity contribution in [2.75, 3.05) is 5.32 Å². The van der Waals surface area contributed by atoms with E-state index in [2.05, 4.69) is 16.5 Å². The van der Waals surface area contributed by atoms with E-state index in [1.165, 1.54) is 17.5 Å². The molecular weight excluding hydrogens is 437 g/mol. The summed E-state index contributed by atoms with van der Waals surface area (Å²) in [5.74, 6) is -1.61. The fraction of sp³-hybridized carbons (Fsp3) is 0.118. The average Bonchev–Trinajstić information content (AvgIpc) is 3.15. The summed E-state index contributed by atoms with van der Waals surface area (Å²) in [5.41, 5.74) is 0.375. The third-order valence-electron chi connectivity index (χ3n) is 3.73. The van der Waals surface area contributed by atoms with Gasteiger partial charge in [-0.05, 0) is 25.1 Å². The van der Waals surface area contributed by atoms with Gasteiger partial charge in [-0.1, -0.05) is 35.3 Å². The summed E-state index contributed by atoms with van der Waals surface area (Å²) in [4.78, 5) is 3.00. The molecule has 0 aliphatic rings. The number of anilines is 1. The van der Waals surface area contributed by atoms with Crippen LogP contribution in [-0.2, 0) is 9.84 Å². The number of thiazole rings is 1. The zero-order chi connectivity index (χ0) is 19.8. The molecule has 1 radical (unpaired) electrons. The minimum absolute atomic E-state index is 0.0372. The van der Waals surface area contributed by atoms with Crippen LogP contribution in [0.5, 0.6) is 0 Å². The van der Waals surface area contributed by atoms with Crippen molar-refractivity contribution in [3.63, 3.8) is 0 Å². The van der Waals surface area contributed by atoms with Gasteiger partial charge in [0.1, 0.15) is 22.7 Å². The van der Waals surface area contributed by atoms with E-state index in [1.807, 2.05) is 0 Å². The number of rotatable bonds is 5. The Morgan fingerprint density at radius 1 is 1.22 bits per heavy atom. The maximum atomic E-state index is 14.5. The number of nitrogens with zero attached hydrogens (tertiary/aromatic N) is 1. The number of nitrogens with one attached hydrogen (secondary N) is 1. The molecule has 0 amide bonds. The molecule has 0 spiro atoms. The molecule has 4 nitrogen and oxygen atoms in total. The highest BCUT2D eigenvalue weighted by Crippen LogP contribution is 2.34. The SMILES string of the molecule is C[C@H](Nc1cc(F)c(S(=O)(=O)c2n[c]cs2)cc1Cl)c1cccc(Cl)c1F. The van der Waals surface area contributed by atoms with Crippen molar-refractivity contribution in [1.82, 2.24) is 4.98 Å². The summed E-state index contributed by atoms with van der Waals surface area (Å²) in [6, 6.07) is 5.87. The summed E-state index contributed by atoms with van der Waals surface area (Å²) in [7, 11) is -4.15. The summed E-state index contributed by atoms with van der Waals surface area (Å²) in [6.07, 6.45) is 2.38. The minimum Gasteiger partial charge on any atom is -0.377 e. The summed E-state index contributed by atoms with van der Waals surface area (Å²) in [6.45, 7) is 1.64. The van der Waals surface area contributed by atoms with E-state index in [-0.39, 0.29) is 25.6 Å². The van der Waals surface area contributed by atoms with E-state index in [0.29, 0.717) is 0 Å². The molecule has 1 atom stereocenters. The maximum Gasteiger partial charge on any atom is 0.236 e. The van der Waals surface area contributed by atoms with Crippen LogP contribution in [0.4, 0.5) is 14.5 Å². The molecule has 0 aliphatic heterocycles. The number of hydrogen-bond donors (Lipinski definition) is 1. The molecule has 0 unspecified atom stereocenters. The van der Waals surface area contributed by atoms with Gasteiger partial charge in [0, 0.05) is 10.9 Å². The lowest BCUT2D eigenvalue weighted by atomic mass is 10.1. The Labute approximate surface area is 168 Å². The van der Waals surface area contributed by atoms with Gasteiger partial charge in [-0.15, -0.1) is 11.3 Å². The molecule has 141 valence electrons. The first kappa shape index (κ1) is 20.0. The minimum atomic E-state index is -4.15. The van der Waals surface area contributed by atoms with Crippen molar-refractivity contribution in [1.29, 1.82) is 0 Å². The maximum absolute atomic E-state index is 14.5. The van der Waals surface area contributed by atoms with E-state index in [9.17, 15) is 17.2 Å². The van der Waals surface area contributed by atoms with Crippen molar-refractivity contribution in [2.45, 2.75) is 22.2 Å². The molecule has 1 aromatic heterocycles. The molecule has 0 saturated carbocycles. The van der Waals surface area contributed by atoms with Gasteiger partial charge in [-0.3, -0.25) is 0 Å². The van der Waals surface area contributed by atoms with Crippen LogP contribution in [0.3, 0.4) is 0 Å². The number of benzene rings is 2. The molecular formula is C17H11Cl2F2N2O2S2. The van der Waals surface area contributed by atoms with Gasteiger partial charge in [0.15, 0.2) is 0 Å². The average molecular weight is 448 g/mol. The molecule has 2 aromatic carbocycles. The first-order valence-corrected chi connectivity index (χ1v) is 10.6. The largest absolute Gasteiger partial charge is 0.377 e. The lowest BCUT2D eigenvalue weighted by molar-refractivity contribution is 0.566. The highest BCUT2D eigenvalue weighted by molar-refractivity contribution is 7.93. The lowest BCUT2D eigenvalue weighted by Gasteiger charge is -2.18. The lowest BCUT2D eigenvalue weighted by Crippen LogP contribution is -2.11. The second kappa shape index (κ2) is 7.71. The molecule has 3 rings (SSSR count). The van der Waals surface area contributed by atoms with E-state index >= 15 is 0 Å². The molecule has 1 N–H and O–H groups in total. The number of halogens is 4. The smallest absolute Gasteiger partial charge is 0.236 e. The van der Waals surface area contributed by atoms with E-state index in [1.54, 1.807) is 13.0 Å². The second-order valence-electron chi connectivity index (χ2n) is 5.52. The van der Waals surface area contributed by atoms with Crippen molar-refractivity contribution in [2.24, 2.45) is 0 Å². The van der Waals surface area contributed by atoms with Crippen LogP contribution in [0, 0.1) is 17.8 Å². The van der Waals surface area contributed by atoms with Crippen molar-refractivity contribution < 1.29 is 17.2 Å². The van der Waals surface area contributed by atoms with Crippen molar-refractivity contribution in [3.8, 4) is 0 Å². The zero-order valence-electron chi connectivity index (χ0n) is 13.6. The van der Waals surface area contributed by atoms with E-state index < -0.39 is 32.4 Å². The van der Waals surface area contributed by atoms with Crippen LogP contribution in [-0.4, -0.2) is 13.4 Å². The third-order valence-corrected chi connectivity index (χ3v) is 7.24. The van der Waals surface area contributed by atoms with Gasteiger partial charge in [0.05, 0.1) is 21.8 Å². The van der Waals surface area contributed by atoms with Crippen LogP contribution in [0.2, 0.25) is 10.0 Å². The van der Waals surface area contributed by atoms with Crippen LogP contribution >= 0.6 is 34.5 Å². The van der Waals surface area contributed by atoms with Crippen LogP contribution in [0.1, 0.15) is 18.5 Å². The fourth-order valence-corrected chi connectivity index (χ4v) is 5.06. The summed E-state index contributed by atoms with van der Waals surface area (Å²) < 4.78 is 53.3. The Morgan fingerprint density at radius 3 is 2.63 bits per heavy atom. The Morgan fingerprint density at radius 2 is 1.96 bits per heavy atom. The Kier molecular flexibility index (Phi) is 5.71. The summed E-state index contributed by atoms with van der Waals surface area (Å²) >= 11 is 12.7. The van der Waals surface area contributed by atoms with Crippen molar-refractivity contribution >= 4 is 50.1 Å². The number of sulfone groups is 1. The Hall–Kier alpha value is -1.74. The predicted octanol–water partition coefficient (Wildman–Crippen LogP) is 5.53. The van der Waals surface area contributed by atoms with Gasteiger partial charge in [0.2, 0.25) is 14.2 Å². The van der Waals surface area contributed by atoms with Crippen LogP contribution in [0.15, 0.2) is 44.9 Å². The topological polar surface area (TPSA) is 59.1 Å². The van der Waals surface area contributed by atoms with Gasteiger partial charge >= 0.3 is 0 Å². The molecule has 0 fully saturated rings. The molecule has 0 saturated heterocycles. The monoisotopic (exact) mass is 447 g/mol.